The lowest BCUT2D eigenvalue weighted by atomic mass is 9.73. The fourth-order valence-corrected chi connectivity index (χ4v) is 3.62. The van der Waals surface area contributed by atoms with Crippen LogP contribution in [0.1, 0.15) is 44.2 Å². The minimum atomic E-state index is 0.330. The highest BCUT2D eigenvalue weighted by Gasteiger charge is 2.28. The molecule has 0 heterocycles. The van der Waals surface area contributed by atoms with Gasteiger partial charge in [-0.2, -0.15) is 0 Å². The van der Waals surface area contributed by atoms with Gasteiger partial charge in [0.15, 0.2) is 0 Å². The zero-order valence-electron chi connectivity index (χ0n) is 12.0. The van der Waals surface area contributed by atoms with Crippen molar-refractivity contribution in [2.45, 2.75) is 52.5 Å². The van der Waals surface area contributed by atoms with Crippen LogP contribution in [-0.4, -0.2) is 6.04 Å². The highest BCUT2D eigenvalue weighted by Crippen LogP contribution is 2.35. The summed E-state index contributed by atoms with van der Waals surface area (Å²) >= 11 is 0. The molecule has 0 spiro atoms. The lowest BCUT2D eigenvalue weighted by molar-refractivity contribution is 0.192. The average molecular weight is 245 g/mol. The Hall–Kier alpha value is -0.820. The van der Waals surface area contributed by atoms with Gasteiger partial charge < -0.3 is 5.73 Å². The predicted molar refractivity (Wildman–Crippen MR) is 78.5 cm³/mol. The monoisotopic (exact) mass is 245 g/mol. The SMILES string of the molecule is Cc1ccccc1CC(N)C1CC(C)CC(C)C1. The number of hydrogen-bond donors (Lipinski definition) is 1. The minimum absolute atomic E-state index is 0.330. The first-order chi connectivity index (χ1) is 8.56. The largest absolute Gasteiger partial charge is 0.327 e. The van der Waals surface area contributed by atoms with Crippen LogP contribution in [0.2, 0.25) is 0 Å². The zero-order valence-corrected chi connectivity index (χ0v) is 12.0. The first-order valence-electron chi connectivity index (χ1n) is 7.36. The summed E-state index contributed by atoms with van der Waals surface area (Å²) in [6, 6.07) is 8.98. The molecule has 3 unspecified atom stereocenters. The maximum atomic E-state index is 6.47. The lowest BCUT2D eigenvalue weighted by Crippen LogP contribution is -2.37. The highest BCUT2D eigenvalue weighted by molar-refractivity contribution is 5.26. The smallest absolute Gasteiger partial charge is 0.0108 e. The molecule has 1 heteroatoms. The Morgan fingerprint density at radius 3 is 2.33 bits per heavy atom. The van der Waals surface area contributed by atoms with E-state index >= 15 is 0 Å². The maximum Gasteiger partial charge on any atom is 0.0108 e. The molecule has 1 saturated carbocycles. The molecule has 1 aliphatic carbocycles. The molecule has 0 bridgehead atoms. The van der Waals surface area contributed by atoms with E-state index in [1.807, 2.05) is 0 Å². The van der Waals surface area contributed by atoms with Crippen molar-refractivity contribution in [2.24, 2.45) is 23.5 Å². The van der Waals surface area contributed by atoms with Gasteiger partial charge in [0.05, 0.1) is 0 Å². The van der Waals surface area contributed by atoms with Crippen LogP contribution in [0.5, 0.6) is 0 Å². The standard InChI is InChI=1S/C17H27N/c1-12-8-13(2)10-16(9-12)17(18)11-15-7-5-4-6-14(15)3/h4-7,12-13,16-17H,8-11,18H2,1-3H3. The van der Waals surface area contributed by atoms with E-state index in [9.17, 15) is 0 Å². The molecular formula is C17H27N. The molecule has 1 aromatic rings. The van der Waals surface area contributed by atoms with Gasteiger partial charge in [-0.1, -0.05) is 38.1 Å². The first-order valence-corrected chi connectivity index (χ1v) is 7.36. The Kier molecular flexibility index (Phi) is 4.45. The summed E-state index contributed by atoms with van der Waals surface area (Å²) in [6.45, 7) is 6.94. The van der Waals surface area contributed by atoms with Crippen molar-refractivity contribution in [2.75, 3.05) is 0 Å². The van der Waals surface area contributed by atoms with Gasteiger partial charge in [0.1, 0.15) is 0 Å². The Morgan fingerprint density at radius 1 is 1.11 bits per heavy atom. The molecule has 0 radical (unpaired) electrons. The Balaban J connectivity index is 1.99. The summed E-state index contributed by atoms with van der Waals surface area (Å²) in [7, 11) is 0. The molecule has 1 aromatic carbocycles. The fourth-order valence-electron chi connectivity index (χ4n) is 3.62. The molecule has 3 atom stereocenters. The van der Waals surface area contributed by atoms with Crippen LogP contribution in [0.3, 0.4) is 0 Å². The van der Waals surface area contributed by atoms with Crippen LogP contribution in [0, 0.1) is 24.7 Å². The lowest BCUT2D eigenvalue weighted by Gasteiger charge is -2.35. The van der Waals surface area contributed by atoms with Gasteiger partial charge in [-0.3, -0.25) is 0 Å². The molecule has 2 N–H and O–H groups in total. The summed E-state index contributed by atoms with van der Waals surface area (Å²) in [5.74, 6) is 2.41. The second-order valence-electron chi connectivity index (χ2n) is 6.47. The Bertz CT molecular complexity index is 375. The number of benzene rings is 1. The Morgan fingerprint density at radius 2 is 1.72 bits per heavy atom. The molecule has 2 rings (SSSR count). The minimum Gasteiger partial charge on any atom is -0.327 e. The molecule has 1 nitrogen and oxygen atoms in total. The van der Waals surface area contributed by atoms with Crippen molar-refractivity contribution in [1.29, 1.82) is 0 Å². The summed E-state index contributed by atoms with van der Waals surface area (Å²) in [6.07, 6.45) is 5.05. The van der Waals surface area contributed by atoms with E-state index in [2.05, 4.69) is 45.0 Å². The van der Waals surface area contributed by atoms with E-state index < -0.39 is 0 Å². The van der Waals surface area contributed by atoms with Crippen molar-refractivity contribution in [3.05, 3.63) is 35.4 Å². The van der Waals surface area contributed by atoms with Gasteiger partial charge in [-0.05, 0) is 61.5 Å². The number of hydrogen-bond acceptors (Lipinski definition) is 1. The van der Waals surface area contributed by atoms with E-state index in [0.717, 1.165) is 18.3 Å². The van der Waals surface area contributed by atoms with Gasteiger partial charge in [-0.25, -0.2) is 0 Å². The molecule has 1 fully saturated rings. The van der Waals surface area contributed by atoms with Crippen molar-refractivity contribution in [3.63, 3.8) is 0 Å². The van der Waals surface area contributed by atoms with Gasteiger partial charge >= 0.3 is 0 Å². The van der Waals surface area contributed by atoms with Crippen LogP contribution in [0.25, 0.3) is 0 Å². The highest BCUT2D eigenvalue weighted by atomic mass is 14.7. The van der Waals surface area contributed by atoms with Gasteiger partial charge in [-0.15, -0.1) is 0 Å². The predicted octanol–water partition coefficient (Wildman–Crippen LogP) is 3.94. The molecule has 0 aromatic heterocycles. The van der Waals surface area contributed by atoms with E-state index in [-0.39, 0.29) is 0 Å². The van der Waals surface area contributed by atoms with E-state index in [0.29, 0.717) is 12.0 Å². The third-order valence-electron chi connectivity index (χ3n) is 4.54. The summed E-state index contributed by atoms with van der Waals surface area (Å²) in [5, 5.41) is 0. The van der Waals surface area contributed by atoms with Gasteiger partial charge in [0.25, 0.3) is 0 Å². The molecule has 1 aliphatic rings. The van der Waals surface area contributed by atoms with Crippen LogP contribution in [0.4, 0.5) is 0 Å². The number of nitrogens with two attached hydrogens (primary N) is 1. The van der Waals surface area contributed by atoms with Crippen LogP contribution >= 0.6 is 0 Å². The summed E-state index contributed by atoms with van der Waals surface area (Å²) in [4.78, 5) is 0. The van der Waals surface area contributed by atoms with Crippen molar-refractivity contribution >= 4 is 0 Å². The summed E-state index contributed by atoms with van der Waals surface area (Å²) in [5.41, 5.74) is 9.28. The summed E-state index contributed by atoms with van der Waals surface area (Å²) < 4.78 is 0. The maximum absolute atomic E-state index is 6.47. The number of rotatable bonds is 3. The number of aryl methyl sites for hydroxylation is 1. The molecule has 18 heavy (non-hydrogen) atoms. The first kappa shape index (κ1) is 13.6. The van der Waals surface area contributed by atoms with E-state index in [1.54, 1.807) is 0 Å². The van der Waals surface area contributed by atoms with Crippen molar-refractivity contribution in [3.8, 4) is 0 Å². The van der Waals surface area contributed by atoms with Crippen molar-refractivity contribution < 1.29 is 0 Å². The molecule has 0 aliphatic heterocycles. The third-order valence-corrected chi connectivity index (χ3v) is 4.54. The normalized spacial score (nSPS) is 30.1. The second-order valence-corrected chi connectivity index (χ2v) is 6.47. The average Bonchev–Trinajstić information content (AvgIpc) is 2.31. The Labute approximate surface area is 112 Å². The third kappa shape index (κ3) is 3.35. The van der Waals surface area contributed by atoms with Gasteiger partial charge in [0, 0.05) is 6.04 Å². The van der Waals surface area contributed by atoms with Crippen LogP contribution in [-0.2, 0) is 6.42 Å². The van der Waals surface area contributed by atoms with Crippen molar-refractivity contribution in [1.82, 2.24) is 0 Å². The zero-order chi connectivity index (χ0) is 13.1. The van der Waals surface area contributed by atoms with E-state index in [4.69, 9.17) is 5.73 Å². The molecular weight excluding hydrogens is 218 g/mol. The fraction of sp³-hybridized carbons (Fsp3) is 0.647. The quantitative estimate of drug-likeness (QED) is 0.857. The van der Waals surface area contributed by atoms with Gasteiger partial charge in [0.2, 0.25) is 0 Å². The van der Waals surface area contributed by atoms with Crippen LogP contribution in [0.15, 0.2) is 24.3 Å². The van der Waals surface area contributed by atoms with E-state index in [1.165, 1.54) is 30.4 Å². The molecule has 100 valence electrons. The topological polar surface area (TPSA) is 26.0 Å². The van der Waals surface area contributed by atoms with Crippen LogP contribution < -0.4 is 5.73 Å². The molecule has 0 amide bonds. The second kappa shape index (κ2) is 5.88. The molecule has 0 saturated heterocycles.